The van der Waals surface area contributed by atoms with Gasteiger partial charge in [0.2, 0.25) is 0 Å². The number of allylic oxidation sites excluding steroid dienone is 2. The Kier molecular flexibility index (Phi) is 5.04. The SMILES string of the molecule is Cc1cccc(CN2C(=O)S/C(=C\C=C\c3ccc([N+](=O)[O-])o3)C2=O)c1. The Morgan fingerprint density at radius 2 is 2.08 bits per heavy atom. The predicted octanol–water partition coefficient (Wildman–Crippen LogP) is 4.29. The van der Waals surface area contributed by atoms with Crippen molar-refractivity contribution in [3.63, 3.8) is 0 Å². The van der Waals surface area contributed by atoms with Crippen LogP contribution in [0.4, 0.5) is 10.7 Å². The van der Waals surface area contributed by atoms with Crippen molar-refractivity contribution >= 4 is 34.9 Å². The molecule has 1 saturated heterocycles. The number of amides is 2. The minimum absolute atomic E-state index is 0.220. The van der Waals surface area contributed by atoms with Crippen LogP contribution in [0.1, 0.15) is 16.9 Å². The molecule has 1 fully saturated rings. The van der Waals surface area contributed by atoms with Crippen LogP contribution in [0.5, 0.6) is 0 Å². The Bertz CT molecular complexity index is 945. The molecule has 132 valence electrons. The van der Waals surface area contributed by atoms with Gasteiger partial charge in [-0.2, -0.15) is 0 Å². The van der Waals surface area contributed by atoms with Crippen molar-refractivity contribution in [2.45, 2.75) is 13.5 Å². The number of carbonyl (C=O) groups is 2. The van der Waals surface area contributed by atoms with E-state index in [9.17, 15) is 19.7 Å². The number of hydrogen-bond acceptors (Lipinski definition) is 6. The Morgan fingerprint density at radius 3 is 2.77 bits per heavy atom. The molecule has 2 aromatic rings. The first-order valence-corrected chi connectivity index (χ1v) is 8.47. The van der Waals surface area contributed by atoms with Gasteiger partial charge in [0.05, 0.1) is 17.5 Å². The first-order valence-electron chi connectivity index (χ1n) is 7.66. The molecular formula is C18H14N2O5S. The van der Waals surface area contributed by atoms with Crippen LogP contribution in [0.15, 0.2) is 57.9 Å². The average Bonchev–Trinajstić information content (AvgIpc) is 3.16. The highest BCUT2D eigenvalue weighted by Gasteiger charge is 2.34. The Balaban J connectivity index is 1.70. The highest BCUT2D eigenvalue weighted by atomic mass is 32.2. The molecule has 1 aliphatic rings. The van der Waals surface area contributed by atoms with Gasteiger partial charge in [-0.15, -0.1) is 0 Å². The van der Waals surface area contributed by atoms with Crippen LogP contribution in [0.3, 0.4) is 0 Å². The van der Waals surface area contributed by atoms with Crippen molar-refractivity contribution in [1.29, 1.82) is 0 Å². The lowest BCUT2D eigenvalue weighted by Gasteiger charge is -2.12. The molecule has 0 aliphatic carbocycles. The first-order chi connectivity index (χ1) is 12.4. The maximum Gasteiger partial charge on any atom is 0.433 e. The summed E-state index contributed by atoms with van der Waals surface area (Å²) in [5, 5.41) is 10.2. The summed E-state index contributed by atoms with van der Waals surface area (Å²) in [4.78, 5) is 35.9. The van der Waals surface area contributed by atoms with E-state index in [4.69, 9.17) is 4.42 Å². The van der Waals surface area contributed by atoms with Crippen LogP contribution < -0.4 is 0 Å². The van der Waals surface area contributed by atoms with E-state index in [0.29, 0.717) is 4.91 Å². The fraction of sp³-hybridized carbons (Fsp3) is 0.111. The number of rotatable bonds is 5. The van der Waals surface area contributed by atoms with Gasteiger partial charge >= 0.3 is 5.88 Å². The van der Waals surface area contributed by atoms with Gasteiger partial charge in [0.25, 0.3) is 11.1 Å². The van der Waals surface area contributed by atoms with E-state index in [1.54, 1.807) is 0 Å². The number of nitro groups is 1. The number of thioether (sulfide) groups is 1. The van der Waals surface area contributed by atoms with Gasteiger partial charge in [-0.05, 0) is 42.5 Å². The van der Waals surface area contributed by atoms with Gasteiger partial charge in [-0.3, -0.25) is 24.6 Å². The highest BCUT2D eigenvalue weighted by molar-refractivity contribution is 8.18. The molecule has 1 aromatic carbocycles. The topological polar surface area (TPSA) is 93.7 Å². The number of benzene rings is 1. The third-order valence-electron chi connectivity index (χ3n) is 3.60. The molecule has 0 unspecified atom stereocenters. The number of imide groups is 1. The largest absolute Gasteiger partial charge is 0.433 e. The Hall–Kier alpha value is -3.13. The quantitative estimate of drug-likeness (QED) is 0.443. The van der Waals surface area contributed by atoms with Gasteiger partial charge in [0.15, 0.2) is 0 Å². The van der Waals surface area contributed by atoms with E-state index in [0.717, 1.165) is 22.9 Å². The highest BCUT2D eigenvalue weighted by Crippen LogP contribution is 2.32. The second-order valence-electron chi connectivity index (χ2n) is 5.57. The summed E-state index contributed by atoms with van der Waals surface area (Å²) >= 11 is 0.859. The number of aryl methyl sites for hydroxylation is 1. The standard InChI is InChI=1S/C18H14N2O5S/c1-12-4-2-5-13(10-12)11-19-17(21)15(26-18(19)22)7-3-6-14-8-9-16(25-14)20(23)24/h2-10H,11H2,1H3/b6-3+,15-7-. The molecule has 0 bridgehead atoms. The lowest BCUT2D eigenvalue weighted by molar-refractivity contribution is -0.402. The van der Waals surface area contributed by atoms with Crippen molar-refractivity contribution < 1.29 is 18.9 Å². The van der Waals surface area contributed by atoms with E-state index in [-0.39, 0.29) is 29.3 Å². The number of nitrogens with zero attached hydrogens (tertiary/aromatic N) is 2. The molecule has 2 heterocycles. The zero-order valence-corrected chi connectivity index (χ0v) is 14.6. The number of carbonyl (C=O) groups excluding carboxylic acids is 2. The van der Waals surface area contributed by atoms with Crippen molar-refractivity contribution in [1.82, 2.24) is 4.90 Å². The summed E-state index contributed by atoms with van der Waals surface area (Å²) in [7, 11) is 0. The minimum Gasteiger partial charge on any atom is -0.401 e. The van der Waals surface area contributed by atoms with Crippen molar-refractivity contribution in [2.75, 3.05) is 0 Å². The van der Waals surface area contributed by atoms with Gasteiger partial charge in [-0.25, -0.2) is 0 Å². The molecule has 7 nitrogen and oxygen atoms in total. The van der Waals surface area contributed by atoms with E-state index >= 15 is 0 Å². The fourth-order valence-corrected chi connectivity index (χ4v) is 3.19. The first kappa shape index (κ1) is 17.7. The van der Waals surface area contributed by atoms with Gasteiger partial charge in [-0.1, -0.05) is 35.9 Å². The van der Waals surface area contributed by atoms with Crippen LogP contribution in [-0.4, -0.2) is 21.0 Å². The smallest absolute Gasteiger partial charge is 0.401 e. The van der Waals surface area contributed by atoms with Gasteiger partial charge < -0.3 is 4.42 Å². The van der Waals surface area contributed by atoms with Crippen LogP contribution in [-0.2, 0) is 11.3 Å². The van der Waals surface area contributed by atoms with Gasteiger partial charge in [0, 0.05) is 0 Å². The van der Waals surface area contributed by atoms with Crippen molar-refractivity contribution in [3.05, 3.63) is 80.5 Å². The average molecular weight is 370 g/mol. The normalized spacial score (nSPS) is 16.2. The van der Waals surface area contributed by atoms with Crippen molar-refractivity contribution in [3.8, 4) is 0 Å². The molecule has 1 aromatic heterocycles. The molecule has 26 heavy (non-hydrogen) atoms. The van der Waals surface area contributed by atoms with E-state index in [1.165, 1.54) is 35.3 Å². The molecule has 0 spiro atoms. The maximum absolute atomic E-state index is 12.4. The molecule has 3 rings (SSSR count). The van der Waals surface area contributed by atoms with E-state index < -0.39 is 4.92 Å². The van der Waals surface area contributed by atoms with E-state index in [2.05, 4.69) is 0 Å². The second kappa shape index (κ2) is 7.40. The lowest BCUT2D eigenvalue weighted by Crippen LogP contribution is -2.27. The van der Waals surface area contributed by atoms with Crippen LogP contribution in [0.25, 0.3) is 6.08 Å². The zero-order chi connectivity index (χ0) is 18.7. The summed E-state index contributed by atoms with van der Waals surface area (Å²) in [6.07, 6.45) is 4.50. The number of hydrogen-bond donors (Lipinski definition) is 0. The fourth-order valence-electron chi connectivity index (χ4n) is 2.40. The summed E-state index contributed by atoms with van der Waals surface area (Å²) < 4.78 is 4.98. The van der Waals surface area contributed by atoms with Crippen LogP contribution in [0.2, 0.25) is 0 Å². The minimum atomic E-state index is -0.631. The third-order valence-corrected chi connectivity index (χ3v) is 4.52. The molecule has 0 saturated carbocycles. The zero-order valence-electron chi connectivity index (χ0n) is 13.7. The maximum atomic E-state index is 12.4. The Morgan fingerprint density at radius 1 is 1.27 bits per heavy atom. The molecule has 0 N–H and O–H groups in total. The molecule has 1 aliphatic heterocycles. The predicted molar refractivity (Wildman–Crippen MR) is 97.2 cm³/mol. The molecular weight excluding hydrogens is 356 g/mol. The second-order valence-corrected chi connectivity index (χ2v) is 6.56. The summed E-state index contributed by atoms with van der Waals surface area (Å²) in [5.41, 5.74) is 1.94. The van der Waals surface area contributed by atoms with Gasteiger partial charge in [0.1, 0.15) is 10.7 Å². The van der Waals surface area contributed by atoms with Crippen LogP contribution in [0, 0.1) is 17.0 Å². The summed E-state index contributed by atoms with van der Waals surface area (Å²) in [6, 6.07) is 10.3. The lowest BCUT2D eigenvalue weighted by atomic mass is 10.1. The molecule has 0 radical (unpaired) electrons. The molecule has 0 atom stereocenters. The summed E-state index contributed by atoms with van der Waals surface area (Å²) in [5.74, 6) is -0.438. The van der Waals surface area contributed by atoms with Crippen molar-refractivity contribution in [2.24, 2.45) is 0 Å². The summed E-state index contributed by atoms with van der Waals surface area (Å²) in [6.45, 7) is 2.17. The number of furan rings is 1. The van der Waals surface area contributed by atoms with E-state index in [1.807, 2.05) is 31.2 Å². The van der Waals surface area contributed by atoms with Crippen LogP contribution >= 0.6 is 11.8 Å². The monoisotopic (exact) mass is 370 g/mol. The molecule has 8 heteroatoms. The third kappa shape index (κ3) is 3.92. The Labute approximate surface area is 153 Å². The molecule has 2 amide bonds.